The molecule has 4 heteroatoms. The molecule has 0 saturated carbocycles. The summed E-state index contributed by atoms with van der Waals surface area (Å²) < 4.78 is 0. The highest BCUT2D eigenvalue weighted by Crippen LogP contribution is 2.12. The van der Waals surface area contributed by atoms with E-state index >= 15 is 0 Å². The Hall–Kier alpha value is -1.08. The second kappa shape index (κ2) is 8.08. The Morgan fingerprint density at radius 2 is 1.94 bits per heavy atom. The van der Waals surface area contributed by atoms with Crippen LogP contribution in [-0.2, 0) is 4.79 Å². The van der Waals surface area contributed by atoms with Gasteiger partial charge in [0.15, 0.2) is 0 Å². The zero-order valence-corrected chi connectivity index (χ0v) is 11.7. The van der Waals surface area contributed by atoms with Gasteiger partial charge in [-0.3, -0.25) is 4.79 Å². The van der Waals surface area contributed by atoms with Crippen LogP contribution in [0.1, 0.15) is 33.6 Å². The van der Waals surface area contributed by atoms with Gasteiger partial charge in [0.1, 0.15) is 5.92 Å². The number of carbonyl (C=O) groups excluding carboxylic acids is 1. The zero-order chi connectivity index (χ0) is 13.4. The first kappa shape index (κ1) is 15.9. The third-order valence-corrected chi connectivity index (χ3v) is 2.82. The second-order valence-corrected chi connectivity index (χ2v) is 4.71. The Morgan fingerprint density at radius 3 is 2.29 bits per heavy atom. The van der Waals surface area contributed by atoms with Crippen molar-refractivity contribution >= 4 is 5.91 Å². The quantitative estimate of drug-likeness (QED) is 0.679. The minimum Gasteiger partial charge on any atom is -0.338 e. The molecule has 0 aliphatic rings. The van der Waals surface area contributed by atoms with Gasteiger partial charge >= 0.3 is 0 Å². The van der Waals surface area contributed by atoms with Gasteiger partial charge in [0.25, 0.3) is 0 Å². The van der Waals surface area contributed by atoms with Crippen LogP contribution in [0.4, 0.5) is 0 Å². The third-order valence-electron chi connectivity index (χ3n) is 2.82. The molecule has 4 nitrogen and oxygen atoms in total. The summed E-state index contributed by atoms with van der Waals surface area (Å²) in [6.07, 6.45) is 1.52. The lowest BCUT2D eigenvalue weighted by Gasteiger charge is -2.31. The van der Waals surface area contributed by atoms with E-state index in [1.165, 1.54) is 0 Å². The van der Waals surface area contributed by atoms with E-state index in [2.05, 4.69) is 11.0 Å². The van der Waals surface area contributed by atoms with Crippen LogP contribution < -0.4 is 0 Å². The van der Waals surface area contributed by atoms with Crippen molar-refractivity contribution in [2.45, 2.75) is 39.7 Å². The molecule has 2 atom stereocenters. The van der Waals surface area contributed by atoms with Crippen molar-refractivity contribution in [3.63, 3.8) is 0 Å². The second-order valence-electron chi connectivity index (χ2n) is 4.71. The minimum absolute atomic E-state index is 0.0220. The van der Waals surface area contributed by atoms with E-state index in [9.17, 15) is 4.79 Å². The number of carbonyl (C=O) groups is 1. The van der Waals surface area contributed by atoms with Crippen molar-refractivity contribution in [1.29, 1.82) is 5.26 Å². The lowest BCUT2D eigenvalue weighted by atomic mass is 10.0. The first-order chi connectivity index (χ1) is 7.97. The molecule has 0 aromatic rings. The van der Waals surface area contributed by atoms with Crippen LogP contribution in [0.5, 0.6) is 0 Å². The molecule has 0 spiro atoms. The van der Waals surface area contributed by atoms with Gasteiger partial charge in [-0.15, -0.1) is 0 Å². The summed E-state index contributed by atoms with van der Waals surface area (Å²) >= 11 is 0. The van der Waals surface area contributed by atoms with Gasteiger partial charge in [0.05, 0.1) is 6.07 Å². The number of hydrogen-bond acceptors (Lipinski definition) is 3. The molecule has 1 amide bonds. The summed E-state index contributed by atoms with van der Waals surface area (Å²) in [6.45, 7) is 7.48. The predicted molar refractivity (Wildman–Crippen MR) is 69.4 cm³/mol. The zero-order valence-electron chi connectivity index (χ0n) is 11.7. The van der Waals surface area contributed by atoms with Crippen LogP contribution >= 0.6 is 0 Å². The SMILES string of the molecule is CCCC(C#N)C(=O)N(CC)C(C)CN(C)C. The van der Waals surface area contributed by atoms with Gasteiger partial charge in [-0.05, 0) is 34.4 Å². The van der Waals surface area contributed by atoms with Gasteiger partial charge in [-0.2, -0.15) is 5.26 Å². The normalized spacial score (nSPS) is 14.2. The number of hydrogen-bond donors (Lipinski definition) is 0. The summed E-state index contributed by atoms with van der Waals surface area (Å²) in [7, 11) is 3.98. The molecule has 0 aromatic carbocycles. The highest BCUT2D eigenvalue weighted by atomic mass is 16.2. The van der Waals surface area contributed by atoms with Crippen molar-refractivity contribution in [1.82, 2.24) is 9.80 Å². The van der Waals surface area contributed by atoms with E-state index in [-0.39, 0.29) is 11.9 Å². The average Bonchev–Trinajstić information content (AvgIpc) is 2.25. The molecule has 0 N–H and O–H groups in total. The number of amides is 1. The first-order valence-electron chi connectivity index (χ1n) is 6.32. The monoisotopic (exact) mass is 239 g/mol. The molecular weight excluding hydrogens is 214 g/mol. The Balaban J connectivity index is 4.63. The molecule has 17 heavy (non-hydrogen) atoms. The largest absolute Gasteiger partial charge is 0.338 e. The molecule has 0 fully saturated rings. The molecule has 0 saturated heterocycles. The maximum Gasteiger partial charge on any atom is 0.240 e. The third kappa shape index (κ3) is 5.18. The molecule has 0 heterocycles. The van der Waals surface area contributed by atoms with Crippen LogP contribution in [0.25, 0.3) is 0 Å². The van der Waals surface area contributed by atoms with Crippen LogP contribution in [0.2, 0.25) is 0 Å². The Kier molecular flexibility index (Phi) is 7.56. The van der Waals surface area contributed by atoms with Crippen LogP contribution in [0.3, 0.4) is 0 Å². The first-order valence-corrected chi connectivity index (χ1v) is 6.32. The number of nitrogens with zero attached hydrogens (tertiary/aromatic N) is 3. The van der Waals surface area contributed by atoms with Gasteiger partial charge in [-0.1, -0.05) is 13.3 Å². The summed E-state index contributed by atoms with van der Waals surface area (Å²) in [6, 6.07) is 2.27. The molecule has 98 valence electrons. The molecule has 0 aromatic heterocycles. The average molecular weight is 239 g/mol. The fraction of sp³-hybridized carbons (Fsp3) is 0.846. The molecular formula is C13H25N3O. The van der Waals surface area contributed by atoms with E-state index in [4.69, 9.17) is 5.26 Å². The van der Waals surface area contributed by atoms with E-state index in [1.807, 2.05) is 39.8 Å². The smallest absolute Gasteiger partial charge is 0.240 e. The van der Waals surface area contributed by atoms with Gasteiger partial charge < -0.3 is 9.80 Å². The lowest BCUT2D eigenvalue weighted by Crippen LogP contribution is -2.46. The van der Waals surface area contributed by atoms with Crippen LogP contribution in [0.15, 0.2) is 0 Å². The number of rotatable bonds is 7. The van der Waals surface area contributed by atoms with Crippen molar-refractivity contribution in [2.75, 3.05) is 27.2 Å². The maximum absolute atomic E-state index is 12.2. The fourth-order valence-electron chi connectivity index (χ4n) is 2.04. The van der Waals surface area contributed by atoms with Gasteiger partial charge in [-0.25, -0.2) is 0 Å². The summed E-state index contributed by atoms with van der Waals surface area (Å²) in [5, 5.41) is 9.03. The van der Waals surface area contributed by atoms with Crippen molar-refractivity contribution < 1.29 is 4.79 Å². The van der Waals surface area contributed by atoms with Crippen molar-refractivity contribution in [2.24, 2.45) is 5.92 Å². The predicted octanol–water partition coefficient (Wildman–Crippen LogP) is 1.72. The topological polar surface area (TPSA) is 47.3 Å². The molecule has 0 aliphatic heterocycles. The van der Waals surface area contributed by atoms with Gasteiger partial charge in [0, 0.05) is 19.1 Å². The van der Waals surface area contributed by atoms with Crippen molar-refractivity contribution in [3.8, 4) is 6.07 Å². The molecule has 0 bridgehead atoms. The Labute approximate surface area is 105 Å². The van der Waals surface area contributed by atoms with E-state index in [1.54, 1.807) is 0 Å². The molecule has 0 rings (SSSR count). The van der Waals surface area contributed by atoms with E-state index in [0.29, 0.717) is 13.0 Å². The standard InChI is InChI=1S/C13H25N3O/c1-6-8-12(9-14)13(17)16(7-2)11(3)10-15(4)5/h11-12H,6-8,10H2,1-5H3. The highest BCUT2D eigenvalue weighted by molar-refractivity contribution is 5.81. The van der Waals surface area contributed by atoms with E-state index in [0.717, 1.165) is 13.0 Å². The number of likely N-dealkylation sites (N-methyl/N-ethyl adjacent to an activating group) is 2. The van der Waals surface area contributed by atoms with E-state index < -0.39 is 5.92 Å². The Morgan fingerprint density at radius 1 is 1.35 bits per heavy atom. The summed E-state index contributed by atoms with van der Waals surface area (Å²) in [5.41, 5.74) is 0. The minimum atomic E-state index is -0.482. The van der Waals surface area contributed by atoms with Crippen LogP contribution in [-0.4, -0.2) is 48.9 Å². The summed E-state index contributed by atoms with van der Waals surface area (Å²) in [4.78, 5) is 16.1. The van der Waals surface area contributed by atoms with Crippen LogP contribution in [0, 0.1) is 17.2 Å². The van der Waals surface area contributed by atoms with Gasteiger partial charge in [0.2, 0.25) is 5.91 Å². The molecule has 0 radical (unpaired) electrons. The Bertz CT molecular complexity index is 270. The van der Waals surface area contributed by atoms with Crippen molar-refractivity contribution in [3.05, 3.63) is 0 Å². The maximum atomic E-state index is 12.2. The number of nitriles is 1. The molecule has 0 aliphatic carbocycles. The fourth-order valence-corrected chi connectivity index (χ4v) is 2.04. The highest BCUT2D eigenvalue weighted by Gasteiger charge is 2.26. The molecule has 2 unspecified atom stereocenters. The summed E-state index contributed by atoms with van der Waals surface area (Å²) in [5.74, 6) is -0.504. The lowest BCUT2D eigenvalue weighted by molar-refractivity contribution is -0.136.